The van der Waals surface area contributed by atoms with Gasteiger partial charge in [-0.1, -0.05) is 18.2 Å². The largest absolute Gasteiger partial charge is 0.457 e. The van der Waals surface area contributed by atoms with E-state index in [2.05, 4.69) is 57.0 Å². The first kappa shape index (κ1) is 26.1. The smallest absolute Gasteiger partial charge is 0.410 e. The molecule has 0 saturated carbocycles. The topological polar surface area (TPSA) is 104 Å². The Morgan fingerprint density at radius 1 is 1.05 bits per heavy atom. The molecule has 2 aromatic carbocycles. The Morgan fingerprint density at radius 3 is 2.78 bits per heavy atom. The average molecular weight is 555 g/mol. The van der Waals surface area contributed by atoms with Crippen LogP contribution in [0, 0.1) is 0 Å². The van der Waals surface area contributed by atoms with E-state index < -0.39 is 5.60 Å². The van der Waals surface area contributed by atoms with Crippen LogP contribution in [-0.2, 0) is 11.2 Å². The number of aromatic nitrogens is 2. The molecule has 5 heterocycles. The number of likely N-dealkylation sites (tertiary alicyclic amines) is 1. The van der Waals surface area contributed by atoms with Crippen molar-refractivity contribution in [2.24, 2.45) is 4.99 Å². The first-order chi connectivity index (χ1) is 19.8. The van der Waals surface area contributed by atoms with E-state index in [0.717, 1.165) is 66.6 Å². The Hall–Kier alpha value is -3.85. The van der Waals surface area contributed by atoms with Crippen LogP contribution in [-0.4, -0.2) is 58.1 Å². The van der Waals surface area contributed by atoms with Crippen molar-refractivity contribution in [1.82, 2.24) is 25.5 Å². The summed E-state index contributed by atoms with van der Waals surface area (Å²) in [6.07, 6.45) is 6.62. The molecular formula is C32H38N6O3. The summed E-state index contributed by atoms with van der Waals surface area (Å²) in [7, 11) is 0. The van der Waals surface area contributed by atoms with E-state index in [-0.39, 0.29) is 18.2 Å². The van der Waals surface area contributed by atoms with Crippen molar-refractivity contribution in [3.8, 4) is 22.8 Å². The van der Waals surface area contributed by atoms with E-state index in [1.54, 1.807) is 0 Å². The molecule has 2 fully saturated rings. The van der Waals surface area contributed by atoms with Gasteiger partial charge in [0.05, 0.1) is 36.6 Å². The van der Waals surface area contributed by atoms with Crippen LogP contribution in [0.3, 0.4) is 0 Å². The summed E-state index contributed by atoms with van der Waals surface area (Å²) in [4.78, 5) is 27.6. The van der Waals surface area contributed by atoms with Crippen LogP contribution < -0.4 is 15.4 Å². The van der Waals surface area contributed by atoms with Gasteiger partial charge < -0.3 is 25.1 Å². The van der Waals surface area contributed by atoms with Crippen molar-refractivity contribution in [3.63, 3.8) is 0 Å². The van der Waals surface area contributed by atoms with Crippen LogP contribution in [0.25, 0.3) is 11.3 Å². The van der Waals surface area contributed by atoms with Crippen molar-refractivity contribution >= 4 is 11.9 Å². The minimum atomic E-state index is -0.515. The molecule has 3 atom stereocenters. The molecule has 1 aromatic heterocycles. The van der Waals surface area contributed by atoms with E-state index in [4.69, 9.17) is 14.5 Å². The molecule has 41 heavy (non-hydrogen) atoms. The molecule has 0 aliphatic carbocycles. The monoisotopic (exact) mass is 554 g/mol. The second-order valence-corrected chi connectivity index (χ2v) is 12.6. The van der Waals surface area contributed by atoms with Crippen LogP contribution in [0.2, 0.25) is 0 Å². The summed E-state index contributed by atoms with van der Waals surface area (Å²) < 4.78 is 12.0. The maximum atomic E-state index is 12.8. The molecule has 4 aliphatic heterocycles. The molecule has 1 unspecified atom stereocenters. The number of H-pyrrole nitrogens is 1. The summed E-state index contributed by atoms with van der Waals surface area (Å²) >= 11 is 0. The van der Waals surface area contributed by atoms with E-state index in [0.29, 0.717) is 19.1 Å². The van der Waals surface area contributed by atoms with Gasteiger partial charge in [0.25, 0.3) is 0 Å². The summed E-state index contributed by atoms with van der Waals surface area (Å²) in [6.45, 7) is 8.10. The Kier molecular flexibility index (Phi) is 6.49. The molecule has 4 aliphatic rings. The molecule has 214 valence electrons. The predicted molar refractivity (Wildman–Crippen MR) is 157 cm³/mol. The summed E-state index contributed by atoms with van der Waals surface area (Å²) in [6, 6.07) is 13.2. The molecule has 0 spiro atoms. The molecule has 2 saturated heterocycles. The van der Waals surface area contributed by atoms with Crippen molar-refractivity contribution < 1.29 is 14.3 Å². The number of carbonyl (C=O) groups is 1. The molecular weight excluding hydrogens is 516 g/mol. The number of nitrogens with one attached hydrogen (secondary N) is 3. The van der Waals surface area contributed by atoms with Gasteiger partial charge in [-0.3, -0.25) is 9.89 Å². The molecule has 3 aromatic rings. The summed E-state index contributed by atoms with van der Waals surface area (Å²) in [5.41, 5.74) is 5.10. The Bertz CT molecular complexity index is 1500. The summed E-state index contributed by atoms with van der Waals surface area (Å²) in [5.74, 6) is 3.68. The van der Waals surface area contributed by atoms with Crippen LogP contribution in [0.5, 0.6) is 11.5 Å². The van der Waals surface area contributed by atoms with Gasteiger partial charge >= 0.3 is 6.09 Å². The Balaban J connectivity index is 1.03. The number of aromatic amines is 1. The first-order valence-corrected chi connectivity index (χ1v) is 14.8. The van der Waals surface area contributed by atoms with E-state index >= 15 is 0 Å². The number of hydrogen-bond acceptors (Lipinski definition) is 7. The molecule has 0 radical (unpaired) electrons. The number of ether oxygens (including phenoxy) is 2. The number of amidine groups is 1. The van der Waals surface area contributed by atoms with Crippen LogP contribution >= 0.6 is 0 Å². The number of hydrogen-bond donors (Lipinski definition) is 3. The minimum Gasteiger partial charge on any atom is -0.457 e. The second kappa shape index (κ2) is 10.2. The van der Waals surface area contributed by atoms with Gasteiger partial charge in [-0.25, -0.2) is 9.78 Å². The number of rotatable bonds is 4. The van der Waals surface area contributed by atoms with Crippen LogP contribution in [0.15, 0.2) is 47.6 Å². The van der Waals surface area contributed by atoms with Crippen molar-refractivity contribution in [2.45, 2.75) is 76.6 Å². The van der Waals surface area contributed by atoms with E-state index in [9.17, 15) is 4.79 Å². The normalized spacial score (nSPS) is 23.4. The van der Waals surface area contributed by atoms with Gasteiger partial charge in [0.15, 0.2) is 0 Å². The fourth-order valence-electron chi connectivity index (χ4n) is 6.36. The van der Waals surface area contributed by atoms with Gasteiger partial charge in [-0.2, -0.15) is 0 Å². The standard InChI is InChI=1S/C32H38N6O3/c1-32(2,3)41-31(39)38-13-5-7-26(38)30-35-18-24(37-30)19-10-11-27-22(14-19)15-21-9-8-20(16-28(21)40-27)25-17-34-29(36-25)23-6-4-12-33-23/h8-11,14,16-17,23-24,26,33H,4-7,12-13,15,18H2,1-3H3,(H,34,36)(H,35,37)/t23-,24?,26-/m0/s1. The lowest BCUT2D eigenvalue weighted by Crippen LogP contribution is -2.46. The predicted octanol–water partition coefficient (Wildman–Crippen LogP) is 5.64. The zero-order valence-electron chi connectivity index (χ0n) is 24.0. The number of fused-ring (bicyclic) bond motifs is 2. The highest BCUT2D eigenvalue weighted by atomic mass is 16.6. The molecule has 7 rings (SSSR count). The highest BCUT2D eigenvalue weighted by Crippen LogP contribution is 2.40. The number of aliphatic imine (C=N–C) groups is 1. The third-order valence-corrected chi connectivity index (χ3v) is 8.41. The zero-order chi connectivity index (χ0) is 28.1. The van der Waals surface area contributed by atoms with Crippen LogP contribution in [0.4, 0.5) is 4.79 Å². The van der Waals surface area contributed by atoms with Gasteiger partial charge in [0.2, 0.25) is 0 Å². The Morgan fingerprint density at radius 2 is 1.95 bits per heavy atom. The third kappa shape index (κ3) is 5.19. The average Bonchev–Trinajstić information content (AvgIpc) is 3.76. The molecule has 1 amide bonds. The number of nitrogens with zero attached hydrogens (tertiary/aromatic N) is 3. The lowest BCUT2D eigenvalue weighted by molar-refractivity contribution is 0.0264. The van der Waals surface area contributed by atoms with Crippen molar-refractivity contribution in [1.29, 1.82) is 0 Å². The zero-order valence-corrected chi connectivity index (χ0v) is 24.0. The second-order valence-electron chi connectivity index (χ2n) is 12.6. The van der Waals surface area contributed by atoms with E-state index in [1.165, 1.54) is 23.1 Å². The SMILES string of the molecule is CC(C)(C)OC(=O)N1CCC[C@H]1C1=NCC(c2ccc3c(c2)Cc2ccc(-c4cnc([C@@H]5CCCN5)[nH]4)cc2O3)N1. The quantitative estimate of drug-likeness (QED) is 0.302. The van der Waals surface area contributed by atoms with Crippen molar-refractivity contribution in [3.05, 3.63) is 65.1 Å². The number of carbonyl (C=O) groups excluding carboxylic acids is 1. The third-order valence-electron chi connectivity index (χ3n) is 8.41. The van der Waals surface area contributed by atoms with E-state index in [1.807, 2.05) is 31.9 Å². The maximum absolute atomic E-state index is 12.8. The number of amides is 1. The lowest BCUT2D eigenvalue weighted by Gasteiger charge is -2.29. The molecule has 9 nitrogen and oxygen atoms in total. The molecule has 3 N–H and O–H groups in total. The van der Waals surface area contributed by atoms with Crippen LogP contribution in [0.1, 0.15) is 81.1 Å². The Labute approximate surface area is 240 Å². The lowest BCUT2D eigenvalue weighted by atomic mass is 9.95. The highest BCUT2D eigenvalue weighted by molar-refractivity contribution is 5.92. The fraction of sp³-hybridized carbons (Fsp3) is 0.469. The van der Waals surface area contributed by atoms with Gasteiger partial charge in [-0.15, -0.1) is 0 Å². The summed E-state index contributed by atoms with van der Waals surface area (Å²) in [5, 5.41) is 7.12. The van der Waals surface area contributed by atoms with Gasteiger partial charge in [0.1, 0.15) is 28.8 Å². The molecule has 9 heteroatoms. The van der Waals surface area contributed by atoms with Gasteiger partial charge in [-0.05, 0) is 87.9 Å². The molecule has 0 bridgehead atoms. The number of benzene rings is 2. The fourth-order valence-corrected chi connectivity index (χ4v) is 6.36. The maximum Gasteiger partial charge on any atom is 0.410 e. The minimum absolute atomic E-state index is 0.0581. The van der Waals surface area contributed by atoms with Crippen molar-refractivity contribution in [2.75, 3.05) is 19.6 Å². The number of imidazole rings is 1. The van der Waals surface area contributed by atoms with Gasteiger partial charge in [0, 0.05) is 18.5 Å². The highest BCUT2D eigenvalue weighted by Gasteiger charge is 2.38. The first-order valence-electron chi connectivity index (χ1n) is 14.8.